The molecule has 0 bridgehead atoms. The molecule has 0 aliphatic carbocycles. The molecule has 1 rings (SSSR count). The number of aliphatic hydroxyl groups excluding tert-OH is 1. The average molecular weight is 272 g/mol. The van der Waals surface area contributed by atoms with Gasteiger partial charge in [0, 0.05) is 10.2 Å². The first-order valence-corrected chi connectivity index (χ1v) is 5.97. The maximum absolute atomic E-state index is 9.24. The first-order chi connectivity index (χ1) is 7.04. The van der Waals surface area contributed by atoms with Crippen molar-refractivity contribution in [1.82, 2.24) is 0 Å². The SMILES string of the molecule is Cc1ccc(Br)cc1NC(CO)C(C)C. The Hall–Kier alpha value is -0.540. The van der Waals surface area contributed by atoms with Crippen LogP contribution >= 0.6 is 15.9 Å². The second kappa shape index (κ2) is 5.52. The fourth-order valence-electron chi connectivity index (χ4n) is 1.37. The lowest BCUT2D eigenvalue weighted by Crippen LogP contribution is -2.29. The van der Waals surface area contributed by atoms with E-state index in [1.165, 1.54) is 5.56 Å². The number of aryl methyl sites for hydroxylation is 1. The van der Waals surface area contributed by atoms with Crippen LogP contribution in [0.2, 0.25) is 0 Å². The molecule has 1 atom stereocenters. The summed E-state index contributed by atoms with van der Waals surface area (Å²) in [4.78, 5) is 0. The van der Waals surface area contributed by atoms with E-state index in [4.69, 9.17) is 0 Å². The number of anilines is 1. The van der Waals surface area contributed by atoms with Crippen molar-refractivity contribution in [3.63, 3.8) is 0 Å². The molecule has 84 valence electrons. The van der Waals surface area contributed by atoms with Gasteiger partial charge in [0.25, 0.3) is 0 Å². The molecule has 0 radical (unpaired) electrons. The summed E-state index contributed by atoms with van der Waals surface area (Å²) in [6, 6.07) is 6.23. The Kier molecular flexibility index (Phi) is 4.61. The summed E-state index contributed by atoms with van der Waals surface area (Å²) in [5.41, 5.74) is 2.27. The number of rotatable bonds is 4. The largest absolute Gasteiger partial charge is 0.394 e. The van der Waals surface area contributed by atoms with E-state index in [2.05, 4.69) is 48.1 Å². The third kappa shape index (κ3) is 3.50. The van der Waals surface area contributed by atoms with Crippen molar-refractivity contribution in [2.75, 3.05) is 11.9 Å². The van der Waals surface area contributed by atoms with Gasteiger partial charge in [0.05, 0.1) is 12.6 Å². The third-order valence-corrected chi connectivity index (χ3v) is 3.04. The number of benzene rings is 1. The lowest BCUT2D eigenvalue weighted by Gasteiger charge is -2.22. The zero-order chi connectivity index (χ0) is 11.4. The van der Waals surface area contributed by atoms with E-state index < -0.39 is 0 Å². The van der Waals surface area contributed by atoms with Crippen LogP contribution in [0.15, 0.2) is 22.7 Å². The monoisotopic (exact) mass is 271 g/mol. The highest BCUT2D eigenvalue weighted by Crippen LogP contribution is 2.22. The molecule has 0 aliphatic rings. The Bertz CT molecular complexity index is 325. The fraction of sp³-hybridized carbons (Fsp3) is 0.500. The molecular formula is C12H18BrNO. The molecule has 1 aromatic rings. The quantitative estimate of drug-likeness (QED) is 0.882. The highest BCUT2D eigenvalue weighted by molar-refractivity contribution is 9.10. The van der Waals surface area contributed by atoms with Crippen molar-refractivity contribution in [1.29, 1.82) is 0 Å². The fourth-order valence-corrected chi connectivity index (χ4v) is 1.73. The molecule has 2 nitrogen and oxygen atoms in total. The Morgan fingerprint density at radius 2 is 2.07 bits per heavy atom. The summed E-state index contributed by atoms with van der Waals surface area (Å²) in [6.45, 7) is 6.41. The van der Waals surface area contributed by atoms with Gasteiger partial charge in [0.2, 0.25) is 0 Å². The molecule has 0 amide bonds. The van der Waals surface area contributed by atoms with E-state index in [1.807, 2.05) is 12.1 Å². The highest BCUT2D eigenvalue weighted by atomic mass is 79.9. The van der Waals surface area contributed by atoms with E-state index in [9.17, 15) is 5.11 Å². The minimum absolute atomic E-state index is 0.109. The maximum Gasteiger partial charge on any atom is 0.0635 e. The average Bonchev–Trinajstić information content (AvgIpc) is 2.18. The van der Waals surface area contributed by atoms with Gasteiger partial charge in [-0.1, -0.05) is 35.8 Å². The summed E-state index contributed by atoms with van der Waals surface area (Å²) in [7, 11) is 0. The molecule has 0 saturated heterocycles. The van der Waals surface area contributed by atoms with Crippen molar-refractivity contribution in [3.05, 3.63) is 28.2 Å². The number of hydrogen-bond donors (Lipinski definition) is 2. The van der Waals surface area contributed by atoms with Crippen LogP contribution in [-0.2, 0) is 0 Å². The molecule has 3 heteroatoms. The minimum atomic E-state index is 0.109. The number of halogens is 1. The van der Waals surface area contributed by atoms with Crippen molar-refractivity contribution in [3.8, 4) is 0 Å². The molecule has 0 saturated carbocycles. The van der Waals surface area contributed by atoms with Gasteiger partial charge in [-0.2, -0.15) is 0 Å². The number of nitrogens with one attached hydrogen (secondary N) is 1. The Morgan fingerprint density at radius 1 is 1.40 bits per heavy atom. The van der Waals surface area contributed by atoms with E-state index in [0.29, 0.717) is 5.92 Å². The van der Waals surface area contributed by atoms with Crippen LogP contribution in [-0.4, -0.2) is 17.8 Å². The third-order valence-electron chi connectivity index (χ3n) is 2.54. The smallest absolute Gasteiger partial charge is 0.0635 e. The Balaban J connectivity index is 2.82. The first kappa shape index (κ1) is 12.5. The van der Waals surface area contributed by atoms with Crippen molar-refractivity contribution in [2.45, 2.75) is 26.8 Å². The van der Waals surface area contributed by atoms with Crippen LogP contribution in [0, 0.1) is 12.8 Å². The second-order valence-electron chi connectivity index (χ2n) is 4.14. The molecule has 2 N–H and O–H groups in total. The highest BCUT2D eigenvalue weighted by Gasteiger charge is 2.12. The van der Waals surface area contributed by atoms with Crippen molar-refractivity contribution < 1.29 is 5.11 Å². The van der Waals surface area contributed by atoms with Crippen LogP contribution in [0.4, 0.5) is 5.69 Å². The van der Waals surface area contributed by atoms with E-state index in [1.54, 1.807) is 0 Å². The van der Waals surface area contributed by atoms with Gasteiger partial charge in [-0.15, -0.1) is 0 Å². The minimum Gasteiger partial charge on any atom is -0.394 e. The Labute approximate surface area is 99.8 Å². The van der Waals surface area contributed by atoms with Gasteiger partial charge < -0.3 is 10.4 Å². The van der Waals surface area contributed by atoms with Crippen LogP contribution in [0.1, 0.15) is 19.4 Å². The Morgan fingerprint density at radius 3 is 2.60 bits per heavy atom. The van der Waals surface area contributed by atoms with Crippen LogP contribution < -0.4 is 5.32 Å². The van der Waals surface area contributed by atoms with Crippen LogP contribution in [0.3, 0.4) is 0 Å². The van der Waals surface area contributed by atoms with Gasteiger partial charge in [-0.25, -0.2) is 0 Å². The normalized spacial score (nSPS) is 12.9. The second-order valence-corrected chi connectivity index (χ2v) is 5.05. The van der Waals surface area contributed by atoms with E-state index in [-0.39, 0.29) is 12.6 Å². The summed E-state index contributed by atoms with van der Waals surface area (Å²) in [5.74, 6) is 0.411. The van der Waals surface area contributed by atoms with Gasteiger partial charge in [0.15, 0.2) is 0 Å². The summed E-state index contributed by atoms with van der Waals surface area (Å²) >= 11 is 3.44. The van der Waals surface area contributed by atoms with E-state index >= 15 is 0 Å². The molecule has 0 spiro atoms. The van der Waals surface area contributed by atoms with Crippen LogP contribution in [0.5, 0.6) is 0 Å². The lowest BCUT2D eigenvalue weighted by atomic mass is 10.0. The molecule has 0 aliphatic heterocycles. The molecule has 0 heterocycles. The van der Waals surface area contributed by atoms with Gasteiger partial charge in [-0.3, -0.25) is 0 Å². The molecule has 1 unspecified atom stereocenters. The summed E-state index contributed by atoms with van der Waals surface area (Å²) in [5, 5.41) is 12.6. The molecule has 0 fully saturated rings. The number of aliphatic hydroxyl groups is 1. The summed E-state index contributed by atoms with van der Waals surface area (Å²) in [6.07, 6.45) is 0. The number of hydrogen-bond acceptors (Lipinski definition) is 2. The van der Waals surface area contributed by atoms with Gasteiger partial charge in [0.1, 0.15) is 0 Å². The topological polar surface area (TPSA) is 32.3 Å². The summed E-state index contributed by atoms with van der Waals surface area (Å²) < 4.78 is 1.05. The predicted octanol–water partition coefficient (Wildman–Crippen LogP) is 3.19. The molecule has 15 heavy (non-hydrogen) atoms. The lowest BCUT2D eigenvalue weighted by molar-refractivity contribution is 0.249. The van der Waals surface area contributed by atoms with Gasteiger partial charge in [-0.05, 0) is 30.5 Å². The maximum atomic E-state index is 9.24. The van der Waals surface area contributed by atoms with E-state index in [0.717, 1.165) is 10.2 Å². The standard InChI is InChI=1S/C12H18BrNO/c1-8(2)12(7-15)14-11-6-10(13)5-4-9(11)3/h4-6,8,12,14-15H,7H2,1-3H3. The van der Waals surface area contributed by atoms with Gasteiger partial charge >= 0.3 is 0 Å². The molecular weight excluding hydrogens is 254 g/mol. The van der Waals surface area contributed by atoms with Crippen molar-refractivity contribution in [2.24, 2.45) is 5.92 Å². The zero-order valence-electron chi connectivity index (χ0n) is 9.42. The van der Waals surface area contributed by atoms with Crippen molar-refractivity contribution >= 4 is 21.6 Å². The van der Waals surface area contributed by atoms with Crippen LogP contribution in [0.25, 0.3) is 0 Å². The molecule has 0 aromatic heterocycles. The first-order valence-electron chi connectivity index (χ1n) is 5.18. The zero-order valence-corrected chi connectivity index (χ0v) is 11.0. The molecule has 1 aromatic carbocycles. The predicted molar refractivity (Wildman–Crippen MR) is 68.2 cm³/mol.